The van der Waals surface area contributed by atoms with Crippen molar-refractivity contribution in [1.82, 2.24) is 9.99 Å². The molecule has 3 aromatic carbocycles. The third kappa shape index (κ3) is 3.93. The highest BCUT2D eigenvalue weighted by molar-refractivity contribution is 6.12. The molecule has 0 spiro atoms. The molecule has 0 unspecified atom stereocenters. The SMILES string of the molecule is COCC(=O)N1N=C(c2c(-c3ccccc3)c3ccccc3[nH]c2=O)C[C@H]1c1cccc(C)c1. The number of benzene rings is 3. The highest BCUT2D eigenvalue weighted by atomic mass is 16.5. The molecule has 2 heterocycles. The number of nitrogens with zero attached hydrogens (tertiary/aromatic N) is 2. The van der Waals surface area contributed by atoms with Gasteiger partial charge in [0.2, 0.25) is 0 Å². The van der Waals surface area contributed by atoms with E-state index in [0.29, 0.717) is 17.7 Å². The molecule has 0 radical (unpaired) electrons. The maximum Gasteiger partial charge on any atom is 0.269 e. The van der Waals surface area contributed by atoms with E-state index in [-0.39, 0.29) is 24.1 Å². The summed E-state index contributed by atoms with van der Waals surface area (Å²) in [4.78, 5) is 29.4. The summed E-state index contributed by atoms with van der Waals surface area (Å²) >= 11 is 0. The number of pyridine rings is 1. The first-order valence-corrected chi connectivity index (χ1v) is 11.2. The van der Waals surface area contributed by atoms with Crippen molar-refractivity contribution in [3.63, 3.8) is 0 Å². The number of amides is 1. The number of rotatable bonds is 5. The molecule has 1 aromatic heterocycles. The molecule has 0 bridgehead atoms. The second-order valence-electron chi connectivity index (χ2n) is 8.47. The number of carbonyl (C=O) groups is 1. The molecule has 6 nitrogen and oxygen atoms in total. The second-order valence-corrected chi connectivity index (χ2v) is 8.47. The smallest absolute Gasteiger partial charge is 0.269 e. The molecular weight excluding hydrogens is 426 g/mol. The highest BCUT2D eigenvalue weighted by Gasteiger charge is 2.35. The van der Waals surface area contributed by atoms with E-state index in [2.05, 4.69) is 11.1 Å². The summed E-state index contributed by atoms with van der Waals surface area (Å²) in [5.41, 5.74) is 5.44. The molecule has 1 N–H and O–H groups in total. The Morgan fingerprint density at radius 1 is 1.03 bits per heavy atom. The van der Waals surface area contributed by atoms with Gasteiger partial charge in [-0.1, -0.05) is 78.4 Å². The van der Waals surface area contributed by atoms with Crippen LogP contribution in [0.3, 0.4) is 0 Å². The molecule has 0 fully saturated rings. The maximum atomic E-state index is 13.4. The quantitative estimate of drug-likeness (QED) is 0.472. The van der Waals surface area contributed by atoms with E-state index in [1.807, 2.05) is 79.7 Å². The fraction of sp³-hybridized carbons (Fsp3) is 0.179. The summed E-state index contributed by atoms with van der Waals surface area (Å²) in [5.74, 6) is -0.248. The standard InChI is InChI=1S/C28H25N3O3/c1-18-9-8-12-20(15-18)24-16-23(30-31(24)25(32)17-34-2)27-26(19-10-4-3-5-11-19)21-13-6-7-14-22(21)29-28(27)33/h3-15,24H,16-17H2,1-2H3,(H,29,33)/t24-/m0/s1. The molecule has 0 saturated heterocycles. The van der Waals surface area contributed by atoms with E-state index in [1.54, 1.807) is 0 Å². The lowest BCUT2D eigenvalue weighted by atomic mass is 9.91. The number of nitrogens with one attached hydrogen (secondary N) is 1. The number of aromatic nitrogens is 1. The topological polar surface area (TPSA) is 74.8 Å². The normalized spacial score (nSPS) is 15.5. The molecule has 0 aliphatic carbocycles. The second kappa shape index (κ2) is 9.08. The van der Waals surface area contributed by atoms with E-state index in [1.165, 1.54) is 12.1 Å². The first-order valence-electron chi connectivity index (χ1n) is 11.2. The van der Waals surface area contributed by atoms with Gasteiger partial charge >= 0.3 is 0 Å². The van der Waals surface area contributed by atoms with Crippen LogP contribution in [0.5, 0.6) is 0 Å². The van der Waals surface area contributed by atoms with Crippen LogP contribution < -0.4 is 5.56 Å². The number of hydrogen-bond acceptors (Lipinski definition) is 4. The number of hydrazone groups is 1. The molecule has 1 amide bonds. The van der Waals surface area contributed by atoms with Gasteiger partial charge in [0.05, 0.1) is 17.3 Å². The summed E-state index contributed by atoms with van der Waals surface area (Å²) < 4.78 is 5.11. The summed E-state index contributed by atoms with van der Waals surface area (Å²) in [6.45, 7) is 1.93. The van der Waals surface area contributed by atoms with Gasteiger partial charge in [0.15, 0.2) is 0 Å². The predicted molar refractivity (Wildman–Crippen MR) is 134 cm³/mol. The number of aromatic amines is 1. The Balaban J connectivity index is 1.72. The van der Waals surface area contributed by atoms with E-state index < -0.39 is 0 Å². The van der Waals surface area contributed by atoms with Crippen LogP contribution in [0.25, 0.3) is 22.0 Å². The van der Waals surface area contributed by atoms with Crippen molar-refractivity contribution < 1.29 is 9.53 Å². The Morgan fingerprint density at radius 2 is 1.79 bits per heavy atom. The van der Waals surface area contributed by atoms with Crippen LogP contribution in [0.1, 0.15) is 29.2 Å². The Hall–Kier alpha value is -4.03. The maximum absolute atomic E-state index is 13.4. The van der Waals surface area contributed by atoms with Crippen LogP contribution in [0.2, 0.25) is 0 Å². The fourth-order valence-corrected chi connectivity index (χ4v) is 4.64. The van der Waals surface area contributed by atoms with E-state index in [9.17, 15) is 9.59 Å². The van der Waals surface area contributed by atoms with Crippen molar-refractivity contribution in [1.29, 1.82) is 0 Å². The van der Waals surface area contributed by atoms with Gasteiger partial charge in [-0.3, -0.25) is 9.59 Å². The Morgan fingerprint density at radius 3 is 2.56 bits per heavy atom. The van der Waals surface area contributed by atoms with Crippen molar-refractivity contribution in [2.45, 2.75) is 19.4 Å². The lowest BCUT2D eigenvalue weighted by Gasteiger charge is -2.22. The molecule has 1 atom stereocenters. The molecule has 6 heteroatoms. The Labute approximate surface area is 197 Å². The predicted octanol–water partition coefficient (Wildman–Crippen LogP) is 4.83. The molecule has 4 aromatic rings. The number of hydrogen-bond donors (Lipinski definition) is 1. The number of carbonyl (C=O) groups excluding carboxylic acids is 1. The lowest BCUT2D eigenvalue weighted by Crippen LogP contribution is -2.30. The monoisotopic (exact) mass is 451 g/mol. The molecule has 34 heavy (non-hydrogen) atoms. The minimum Gasteiger partial charge on any atom is -0.375 e. The van der Waals surface area contributed by atoms with Gasteiger partial charge in [0.1, 0.15) is 6.61 Å². The summed E-state index contributed by atoms with van der Waals surface area (Å²) in [6.07, 6.45) is 0.431. The van der Waals surface area contributed by atoms with Crippen LogP contribution in [0, 0.1) is 6.92 Å². The number of methoxy groups -OCH3 is 1. The third-order valence-corrected chi connectivity index (χ3v) is 6.13. The largest absolute Gasteiger partial charge is 0.375 e. The summed E-state index contributed by atoms with van der Waals surface area (Å²) in [6, 6.07) is 25.3. The molecule has 0 saturated carbocycles. The molecular formula is C28H25N3O3. The van der Waals surface area contributed by atoms with Crippen molar-refractivity contribution >= 4 is 22.5 Å². The Kier molecular flexibility index (Phi) is 5.82. The zero-order valence-corrected chi connectivity index (χ0v) is 19.1. The van der Waals surface area contributed by atoms with Crippen molar-refractivity contribution in [2.24, 2.45) is 5.10 Å². The molecule has 170 valence electrons. The van der Waals surface area contributed by atoms with Gasteiger partial charge in [0, 0.05) is 30.0 Å². The number of fused-ring (bicyclic) bond motifs is 1. The van der Waals surface area contributed by atoms with Crippen molar-refractivity contribution in [3.8, 4) is 11.1 Å². The van der Waals surface area contributed by atoms with Gasteiger partial charge in [-0.25, -0.2) is 5.01 Å². The van der Waals surface area contributed by atoms with Crippen LogP contribution in [-0.2, 0) is 9.53 Å². The van der Waals surface area contributed by atoms with E-state index in [4.69, 9.17) is 9.84 Å². The number of ether oxygens (including phenoxy) is 1. The minimum atomic E-state index is -0.313. The van der Waals surface area contributed by atoms with Gasteiger partial charge in [0.25, 0.3) is 11.5 Å². The molecule has 1 aliphatic heterocycles. The minimum absolute atomic E-state index is 0.0846. The molecule has 5 rings (SSSR count). The van der Waals surface area contributed by atoms with Crippen LogP contribution >= 0.6 is 0 Å². The van der Waals surface area contributed by atoms with Gasteiger partial charge in [-0.2, -0.15) is 5.10 Å². The molecule has 1 aliphatic rings. The van der Waals surface area contributed by atoms with Gasteiger partial charge < -0.3 is 9.72 Å². The number of H-pyrrole nitrogens is 1. The zero-order chi connectivity index (χ0) is 23.7. The average molecular weight is 452 g/mol. The Bertz CT molecular complexity index is 1460. The highest BCUT2D eigenvalue weighted by Crippen LogP contribution is 2.37. The summed E-state index contributed by atoms with van der Waals surface area (Å²) in [7, 11) is 1.49. The first-order chi connectivity index (χ1) is 16.6. The third-order valence-electron chi connectivity index (χ3n) is 6.13. The van der Waals surface area contributed by atoms with Crippen molar-refractivity contribution in [2.75, 3.05) is 13.7 Å². The van der Waals surface area contributed by atoms with Crippen LogP contribution in [0.15, 0.2) is 88.8 Å². The van der Waals surface area contributed by atoms with Gasteiger partial charge in [-0.15, -0.1) is 0 Å². The van der Waals surface area contributed by atoms with E-state index in [0.717, 1.165) is 33.2 Å². The fourth-order valence-electron chi connectivity index (χ4n) is 4.64. The van der Waals surface area contributed by atoms with Crippen molar-refractivity contribution in [3.05, 3.63) is 106 Å². The van der Waals surface area contributed by atoms with Crippen LogP contribution in [-0.4, -0.2) is 35.3 Å². The average Bonchev–Trinajstić information content (AvgIpc) is 3.29. The first kappa shape index (κ1) is 21.8. The zero-order valence-electron chi connectivity index (χ0n) is 19.1. The lowest BCUT2D eigenvalue weighted by molar-refractivity contribution is -0.137. The van der Waals surface area contributed by atoms with Crippen LogP contribution in [0.4, 0.5) is 0 Å². The number of aryl methyl sites for hydroxylation is 1. The van der Waals surface area contributed by atoms with Gasteiger partial charge in [-0.05, 0) is 24.1 Å². The number of para-hydroxylation sites is 1. The van der Waals surface area contributed by atoms with E-state index >= 15 is 0 Å². The summed E-state index contributed by atoms with van der Waals surface area (Å²) in [5, 5.41) is 7.12.